The van der Waals surface area contributed by atoms with Crippen LogP contribution in [0, 0.1) is 5.82 Å². The summed E-state index contributed by atoms with van der Waals surface area (Å²) in [4.78, 5) is 6.65. The molecule has 1 fully saturated rings. The van der Waals surface area contributed by atoms with Crippen LogP contribution < -0.4 is 10.2 Å². The summed E-state index contributed by atoms with van der Waals surface area (Å²) in [7, 11) is 1.67. The zero-order valence-corrected chi connectivity index (χ0v) is 14.3. The molecule has 0 amide bonds. The van der Waals surface area contributed by atoms with E-state index in [0.29, 0.717) is 12.6 Å². The van der Waals surface area contributed by atoms with Crippen molar-refractivity contribution in [3.05, 3.63) is 34.9 Å². The van der Waals surface area contributed by atoms with Crippen molar-refractivity contribution >= 4 is 34.0 Å². The Labute approximate surface area is 143 Å². The van der Waals surface area contributed by atoms with Gasteiger partial charge in [-0.2, -0.15) is 4.37 Å². The monoisotopic (exact) mass is 356 g/mol. The molecule has 2 heterocycles. The number of aromatic nitrogens is 2. The second kappa shape index (κ2) is 7.42. The van der Waals surface area contributed by atoms with Gasteiger partial charge in [0.25, 0.3) is 0 Å². The standard InChI is InChI=1S/C15H18ClFN4OS/c1-22-7-5-14-19-15(23-20-14)18-10-4-6-21(9-10)11-2-3-13(17)12(16)8-11/h2-3,8,10H,4-7,9H2,1H3,(H,18,19,20). The number of ether oxygens (including phenoxy) is 1. The Morgan fingerprint density at radius 2 is 2.39 bits per heavy atom. The normalized spacial score (nSPS) is 17.7. The van der Waals surface area contributed by atoms with Crippen LogP contribution in [0.4, 0.5) is 15.2 Å². The highest BCUT2D eigenvalue weighted by molar-refractivity contribution is 7.09. The summed E-state index contributed by atoms with van der Waals surface area (Å²) in [5.41, 5.74) is 0.943. The molecule has 23 heavy (non-hydrogen) atoms. The number of rotatable bonds is 6. The van der Waals surface area contributed by atoms with Gasteiger partial charge in [-0.05, 0) is 24.6 Å². The van der Waals surface area contributed by atoms with E-state index in [1.165, 1.54) is 17.6 Å². The van der Waals surface area contributed by atoms with Gasteiger partial charge < -0.3 is 15.0 Å². The minimum Gasteiger partial charge on any atom is -0.384 e. The molecule has 0 aliphatic carbocycles. The van der Waals surface area contributed by atoms with E-state index in [2.05, 4.69) is 19.6 Å². The van der Waals surface area contributed by atoms with Crippen molar-refractivity contribution in [3.63, 3.8) is 0 Å². The van der Waals surface area contributed by atoms with E-state index < -0.39 is 0 Å². The maximum Gasteiger partial charge on any atom is 0.202 e. The molecule has 0 saturated carbocycles. The number of anilines is 2. The number of methoxy groups -OCH3 is 1. The molecule has 1 unspecified atom stereocenters. The fourth-order valence-corrected chi connectivity index (χ4v) is 3.44. The van der Waals surface area contributed by atoms with Gasteiger partial charge in [0.05, 0.1) is 11.6 Å². The van der Waals surface area contributed by atoms with Crippen LogP contribution in [0.5, 0.6) is 0 Å². The van der Waals surface area contributed by atoms with E-state index in [1.807, 2.05) is 0 Å². The molecule has 124 valence electrons. The van der Waals surface area contributed by atoms with Crippen LogP contribution in [0.15, 0.2) is 18.2 Å². The number of benzene rings is 1. The number of nitrogens with one attached hydrogen (secondary N) is 1. The first-order valence-corrected chi connectivity index (χ1v) is 8.59. The van der Waals surface area contributed by atoms with Crippen LogP contribution in [-0.4, -0.2) is 42.2 Å². The maximum absolute atomic E-state index is 13.3. The molecular weight excluding hydrogens is 339 g/mol. The van der Waals surface area contributed by atoms with Crippen LogP contribution in [0.25, 0.3) is 0 Å². The average molecular weight is 357 g/mol. The smallest absolute Gasteiger partial charge is 0.202 e. The molecule has 0 bridgehead atoms. The van der Waals surface area contributed by atoms with Crippen LogP contribution in [0.1, 0.15) is 12.2 Å². The Bertz CT molecular complexity index is 669. The maximum atomic E-state index is 13.3. The molecule has 0 radical (unpaired) electrons. The molecule has 1 aliphatic rings. The van der Waals surface area contributed by atoms with Crippen LogP contribution in [0.2, 0.25) is 5.02 Å². The molecule has 1 aromatic carbocycles. The van der Waals surface area contributed by atoms with Crippen molar-refractivity contribution in [2.45, 2.75) is 18.9 Å². The Kier molecular flexibility index (Phi) is 5.30. The number of nitrogens with zero attached hydrogens (tertiary/aromatic N) is 3. The minimum atomic E-state index is -0.387. The summed E-state index contributed by atoms with van der Waals surface area (Å²) < 4.78 is 22.6. The molecule has 1 atom stereocenters. The second-order valence-electron chi connectivity index (χ2n) is 5.43. The lowest BCUT2D eigenvalue weighted by Crippen LogP contribution is -2.26. The van der Waals surface area contributed by atoms with Gasteiger partial charge in [0, 0.05) is 49.9 Å². The third kappa shape index (κ3) is 4.10. The lowest BCUT2D eigenvalue weighted by molar-refractivity contribution is 0.201. The number of hydrogen-bond acceptors (Lipinski definition) is 6. The predicted molar refractivity (Wildman–Crippen MR) is 91.1 cm³/mol. The number of hydrogen-bond donors (Lipinski definition) is 1. The quantitative estimate of drug-likeness (QED) is 0.861. The summed E-state index contributed by atoms with van der Waals surface area (Å²) in [5, 5.41) is 4.41. The third-order valence-corrected chi connectivity index (χ3v) is 4.76. The van der Waals surface area contributed by atoms with Gasteiger partial charge in [-0.1, -0.05) is 11.6 Å². The van der Waals surface area contributed by atoms with Crippen LogP contribution >= 0.6 is 23.1 Å². The molecule has 2 aromatic rings. The van der Waals surface area contributed by atoms with Gasteiger partial charge in [-0.15, -0.1) is 0 Å². The van der Waals surface area contributed by atoms with Crippen molar-refractivity contribution in [3.8, 4) is 0 Å². The van der Waals surface area contributed by atoms with Crippen LogP contribution in [-0.2, 0) is 11.2 Å². The third-order valence-electron chi connectivity index (χ3n) is 3.78. The van der Waals surface area contributed by atoms with E-state index in [1.54, 1.807) is 19.2 Å². The Balaban J connectivity index is 1.57. The van der Waals surface area contributed by atoms with Crippen molar-refractivity contribution in [2.24, 2.45) is 0 Å². The fraction of sp³-hybridized carbons (Fsp3) is 0.467. The van der Waals surface area contributed by atoms with Crippen molar-refractivity contribution < 1.29 is 9.13 Å². The fourth-order valence-electron chi connectivity index (χ4n) is 2.58. The summed E-state index contributed by atoms with van der Waals surface area (Å²) >= 11 is 7.23. The van der Waals surface area contributed by atoms with E-state index in [9.17, 15) is 4.39 Å². The predicted octanol–water partition coefficient (Wildman–Crippen LogP) is 3.21. The Morgan fingerprint density at radius 3 is 3.17 bits per heavy atom. The Hall–Kier alpha value is -1.44. The summed E-state index contributed by atoms with van der Waals surface area (Å²) in [6, 6.07) is 5.14. The topological polar surface area (TPSA) is 50.3 Å². The van der Waals surface area contributed by atoms with E-state index >= 15 is 0 Å². The van der Waals surface area contributed by atoms with Crippen LogP contribution in [0.3, 0.4) is 0 Å². The lowest BCUT2D eigenvalue weighted by atomic mass is 10.3. The van der Waals surface area contributed by atoms with E-state index in [4.69, 9.17) is 16.3 Å². The lowest BCUT2D eigenvalue weighted by Gasteiger charge is -2.19. The minimum absolute atomic E-state index is 0.158. The average Bonchev–Trinajstić information content (AvgIpc) is 3.18. The van der Waals surface area contributed by atoms with Gasteiger partial charge in [-0.25, -0.2) is 9.37 Å². The van der Waals surface area contributed by atoms with E-state index in [-0.39, 0.29) is 10.8 Å². The summed E-state index contributed by atoms with van der Waals surface area (Å²) in [6.07, 6.45) is 1.71. The second-order valence-corrected chi connectivity index (χ2v) is 6.59. The van der Waals surface area contributed by atoms with Gasteiger partial charge in [-0.3, -0.25) is 0 Å². The first kappa shape index (κ1) is 16.4. The van der Waals surface area contributed by atoms with Crippen molar-refractivity contribution in [2.75, 3.05) is 37.0 Å². The molecule has 1 saturated heterocycles. The SMILES string of the molecule is COCCc1nsc(NC2CCN(c3ccc(F)c(Cl)c3)C2)n1. The Morgan fingerprint density at radius 1 is 1.52 bits per heavy atom. The van der Waals surface area contributed by atoms with Gasteiger partial charge >= 0.3 is 0 Å². The molecule has 1 N–H and O–H groups in total. The molecule has 1 aromatic heterocycles. The first-order chi connectivity index (χ1) is 11.2. The zero-order chi connectivity index (χ0) is 16.2. The molecule has 3 rings (SSSR count). The first-order valence-electron chi connectivity index (χ1n) is 7.44. The molecule has 0 spiro atoms. The van der Waals surface area contributed by atoms with Crippen molar-refractivity contribution in [1.29, 1.82) is 0 Å². The molecule has 1 aliphatic heterocycles. The van der Waals surface area contributed by atoms with Gasteiger partial charge in [0.1, 0.15) is 11.6 Å². The zero-order valence-electron chi connectivity index (χ0n) is 12.8. The highest BCUT2D eigenvalue weighted by Gasteiger charge is 2.24. The highest BCUT2D eigenvalue weighted by atomic mass is 35.5. The largest absolute Gasteiger partial charge is 0.384 e. The van der Waals surface area contributed by atoms with Crippen molar-refractivity contribution in [1.82, 2.24) is 9.36 Å². The van der Waals surface area contributed by atoms with E-state index in [0.717, 1.165) is 42.6 Å². The molecule has 8 heteroatoms. The van der Waals surface area contributed by atoms with Gasteiger partial charge in [0.2, 0.25) is 5.13 Å². The summed E-state index contributed by atoms with van der Waals surface area (Å²) in [6.45, 7) is 2.35. The van der Waals surface area contributed by atoms with Gasteiger partial charge in [0.15, 0.2) is 0 Å². The highest BCUT2D eigenvalue weighted by Crippen LogP contribution is 2.27. The number of halogens is 2. The summed E-state index contributed by atoms with van der Waals surface area (Å²) in [5.74, 6) is 0.418. The molecule has 5 nitrogen and oxygen atoms in total. The molecular formula is C15H18ClFN4OS.